The fourth-order valence-corrected chi connectivity index (χ4v) is 10.1. The molecule has 0 unspecified atom stereocenters. The van der Waals surface area contributed by atoms with Crippen molar-refractivity contribution < 1.29 is 72.5 Å². The summed E-state index contributed by atoms with van der Waals surface area (Å²) in [6, 6.07) is 27.6. The van der Waals surface area contributed by atoms with Crippen molar-refractivity contribution in [3.8, 4) is 35.2 Å². The molecule has 28 nitrogen and oxygen atoms in total. The van der Waals surface area contributed by atoms with E-state index in [1.807, 2.05) is 113 Å². The summed E-state index contributed by atoms with van der Waals surface area (Å²) >= 11 is 0. The molecule has 2 saturated heterocycles. The quantitative estimate of drug-likeness (QED) is 0.00865. The van der Waals surface area contributed by atoms with E-state index in [9.17, 15) is 58.2 Å². The van der Waals surface area contributed by atoms with Crippen molar-refractivity contribution in [2.45, 2.75) is 162 Å². The number of aromatic amines is 2. The summed E-state index contributed by atoms with van der Waals surface area (Å²) < 4.78 is 37.3. The van der Waals surface area contributed by atoms with Gasteiger partial charge in [0.15, 0.2) is 0 Å². The molecule has 0 saturated carbocycles. The number of aliphatic hydroxyl groups excluding tert-OH is 2. The molecule has 2 aromatic heterocycles. The topological polar surface area (TPSA) is 380 Å². The molecule has 566 valence electrons. The van der Waals surface area contributed by atoms with Gasteiger partial charge < -0.3 is 68.9 Å². The molecular weight excluding hydrogens is 1370 g/mol. The number of nitrogens with zero attached hydrogens (tertiary/aromatic N) is 5. The van der Waals surface area contributed by atoms with Crippen LogP contribution in [0.4, 0.5) is 0 Å². The van der Waals surface area contributed by atoms with Gasteiger partial charge in [-0.3, -0.25) is 47.9 Å². The molecule has 2 fully saturated rings. The Morgan fingerprint density at radius 1 is 0.673 bits per heavy atom. The van der Waals surface area contributed by atoms with E-state index in [1.165, 1.54) is 30.8 Å². The number of methoxy groups -OCH3 is 2. The van der Waals surface area contributed by atoms with Crippen LogP contribution in [0.25, 0.3) is 0 Å². The molecule has 0 bridgehead atoms. The SMILES string of the molecule is CC(=O)CCC(=O)O.CC(=O)CCC(=O)O[C@@H]1C[C@H](n2cc(C#CCNC(=O)CCC(C)C)c(=O)[nH]c2=O)O[C@@H]1CO.CCN=C=NCCCN(C)C.COc1ccc(C(OC[C@H]2O[C@@H](n3cc(C#CCNC(=O)CCC(C)C)c(=O)[nH]c3=O)C[C@H]2O)(c2ccccc2)c2ccc(OC)cc2)cc1.Cl. The third kappa shape index (κ3) is 30.8. The van der Waals surface area contributed by atoms with Gasteiger partial charge in [0.25, 0.3) is 11.1 Å². The standard InChI is InChI=1S/C39H43N3O8.C23H31N3O8.C8H17N3.C5H8O3.ClH/c1-26(2)12-21-35(44)40-22-8-9-27-24-42(38(46)41-37(27)45)36-23-33(43)34(50-36)25-49-39(28-10-6-5-7-11-28,29-13-17-31(47-3)18-14-29)30-15-19-32(48-4)20-16-30;1-14(2)6-8-19(29)24-10-4-5-16-12-26(23(32)25-22(16)31)20-11-17(18(13-27)33-20)34-21(30)9-7-15(3)28;1-4-9-8-10-6-5-7-11(2)3;1-4(6)2-3-5(7)8;/h5-7,10-11,13-20,24,26,33-34,36,43H,12,21-23,25H2,1-4H3,(H,40,44)(H,41,45,46);12,14,17-18,20,27H,6-11,13H2,1-3H3,(H,24,29)(H,25,31,32);4-7H2,1-3H3;2-3H2,1H3,(H,7,8);1H/t33-,34-,36-;17-,18-,20-;;;/m11.../s1. The molecule has 6 atom stereocenters. The van der Waals surface area contributed by atoms with Crippen molar-refractivity contribution in [2.24, 2.45) is 21.8 Å². The molecule has 7 rings (SSSR count). The highest BCUT2D eigenvalue weighted by Crippen LogP contribution is 2.43. The maximum atomic E-state index is 12.9. The van der Waals surface area contributed by atoms with Crippen LogP contribution in [-0.2, 0) is 53.3 Å². The number of esters is 1. The number of aliphatic carboxylic acids is 1. The van der Waals surface area contributed by atoms with Crippen molar-refractivity contribution in [1.82, 2.24) is 34.6 Å². The van der Waals surface area contributed by atoms with Gasteiger partial charge in [0, 0.05) is 57.5 Å². The average molecular weight is 1470 g/mol. The van der Waals surface area contributed by atoms with Gasteiger partial charge in [0.05, 0.1) is 72.0 Å². The summed E-state index contributed by atoms with van der Waals surface area (Å²) in [5.74, 6) is 11.0. The first-order chi connectivity index (χ1) is 49.1. The number of nitrogens with one attached hydrogen (secondary N) is 4. The van der Waals surface area contributed by atoms with Gasteiger partial charge in [-0.25, -0.2) is 19.6 Å². The van der Waals surface area contributed by atoms with Gasteiger partial charge in [-0.15, -0.1) is 12.4 Å². The number of carboxylic acid groups (broad SMARTS) is 1. The number of H-pyrrole nitrogens is 2. The lowest BCUT2D eigenvalue weighted by atomic mass is 9.80. The molecule has 0 radical (unpaired) electrons. The van der Waals surface area contributed by atoms with Crippen molar-refractivity contribution in [1.29, 1.82) is 0 Å². The number of rotatable bonds is 31. The molecule has 0 spiro atoms. The molecule has 5 aromatic rings. The summed E-state index contributed by atoms with van der Waals surface area (Å²) in [6.45, 7) is 15.1. The zero-order valence-electron chi connectivity index (χ0n) is 61.0. The maximum Gasteiger partial charge on any atom is 0.330 e. The van der Waals surface area contributed by atoms with E-state index in [0.717, 1.165) is 60.2 Å². The summed E-state index contributed by atoms with van der Waals surface area (Å²) in [7, 11) is 7.33. The molecule has 2 amide bonds. The van der Waals surface area contributed by atoms with Gasteiger partial charge in [-0.1, -0.05) is 106 Å². The average Bonchev–Trinajstić information content (AvgIpc) is 0.977. The molecular formula is C75H100ClN9O19. The van der Waals surface area contributed by atoms with E-state index in [-0.39, 0.29) is 105 Å². The number of aliphatic imine (C=N–C) groups is 2. The van der Waals surface area contributed by atoms with Crippen LogP contribution in [0, 0.1) is 35.5 Å². The Hall–Kier alpha value is -9.61. The van der Waals surface area contributed by atoms with Crippen molar-refractivity contribution >= 4 is 53.7 Å². The van der Waals surface area contributed by atoms with Crippen LogP contribution in [0.1, 0.15) is 159 Å². The molecule has 2 aliphatic rings. The third-order valence-electron chi connectivity index (χ3n) is 15.7. The lowest BCUT2D eigenvalue weighted by Gasteiger charge is -2.37. The highest BCUT2D eigenvalue weighted by Gasteiger charge is 2.43. The number of carbonyl (C=O) groups excluding carboxylic acids is 5. The van der Waals surface area contributed by atoms with E-state index in [2.05, 4.69) is 79.3 Å². The second-order valence-corrected chi connectivity index (χ2v) is 25.2. The largest absolute Gasteiger partial charge is 0.497 e. The second-order valence-electron chi connectivity index (χ2n) is 25.2. The Bertz CT molecular complexity index is 3930. The fourth-order valence-electron chi connectivity index (χ4n) is 10.1. The first-order valence-electron chi connectivity index (χ1n) is 34.1. The number of benzene rings is 3. The van der Waals surface area contributed by atoms with Crippen LogP contribution in [-0.4, -0.2) is 179 Å². The van der Waals surface area contributed by atoms with Crippen LogP contribution in [0.15, 0.2) is 120 Å². The highest BCUT2D eigenvalue weighted by molar-refractivity contribution is 5.85. The Morgan fingerprint density at radius 2 is 1.14 bits per heavy atom. The van der Waals surface area contributed by atoms with Crippen LogP contribution in [0.3, 0.4) is 0 Å². The normalized spacial score (nSPS) is 16.3. The Kier molecular flexibility index (Phi) is 39.9. The Balaban J connectivity index is 0.000000445. The highest BCUT2D eigenvalue weighted by atomic mass is 35.5. The smallest absolute Gasteiger partial charge is 0.330 e. The number of aliphatic hydroxyl groups is 2. The van der Waals surface area contributed by atoms with Crippen molar-refractivity contribution in [2.75, 3.05) is 74.3 Å². The number of halogens is 1. The first kappa shape index (κ1) is 88.6. The number of Topliss-reactive ketones (excluding diaryl/α,β-unsaturated/α-hetero) is 2. The van der Waals surface area contributed by atoms with E-state index in [0.29, 0.717) is 36.2 Å². The number of hydrogen-bond acceptors (Lipinski definition) is 21. The predicted molar refractivity (Wildman–Crippen MR) is 392 cm³/mol. The fraction of sp³-hybridized carbons (Fsp3) is 0.507. The summed E-state index contributed by atoms with van der Waals surface area (Å²) in [6.07, 6.45) is 0.774. The summed E-state index contributed by atoms with van der Waals surface area (Å²) in [4.78, 5) is 131. The number of amides is 2. The van der Waals surface area contributed by atoms with Gasteiger partial charge in [0.2, 0.25) is 11.8 Å². The maximum absolute atomic E-state index is 12.9. The van der Waals surface area contributed by atoms with Gasteiger partial charge in [-0.2, -0.15) is 0 Å². The molecule has 104 heavy (non-hydrogen) atoms. The van der Waals surface area contributed by atoms with Crippen LogP contribution < -0.4 is 42.6 Å². The molecule has 2 aliphatic heterocycles. The zero-order valence-corrected chi connectivity index (χ0v) is 61.8. The minimum absolute atomic E-state index is 0. The molecule has 0 aliphatic carbocycles. The number of ketones is 2. The van der Waals surface area contributed by atoms with Crippen LogP contribution >= 0.6 is 12.4 Å². The third-order valence-corrected chi connectivity index (χ3v) is 15.7. The second kappa shape index (κ2) is 46.9. The molecule has 7 N–H and O–H groups in total. The Labute approximate surface area is 611 Å². The number of hydrogen-bond donors (Lipinski definition) is 7. The number of carbonyl (C=O) groups is 6. The zero-order chi connectivity index (χ0) is 76.0. The Morgan fingerprint density at radius 3 is 1.58 bits per heavy atom. The summed E-state index contributed by atoms with van der Waals surface area (Å²) in [5.41, 5.74) is -1.44. The minimum Gasteiger partial charge on any atom is -0.497 e. The van der Waals surface area contributed by atoms with Gasteiger partial charge >= 0.3 is 23.3 Å². The number of carboxylic acids is 1. The van der Waals surface area contributed by atoms with Crippen molar-refractivity contribution in [3.63, 3.8) is 0 Å². The van der Waals surface area contributed by atoms with Gasteiger partial charge in [-0.05, 0) is 113 Å². The number of aromatic nitrogens is 4. The van der Waals surface area contributed by atoms with Crippen molar-refractivity contribution in [3.05, 3.63) is 161 Å². The van der Waals surface area contributed by atoms with Crippen LogP contribution in [0.5, 0.6) is 11.5 Å². The number of ether oxygens (including phenoxy) is 6. The summed E-state index contributed by atoms with van der Waals surface area (Å²) in [5, 5.41) is 34.1. The van der Waals surface area contributed by atoms with Crippen LogP contribution in [0.2, 0.25) is 0 Å². The minimum atomic E-state index is -1.14. The monoisotopic (exact) mass is 1470 g/mol. The molecule has 3 aromatic carbocycles. The lowest BCUT2D eigenvalue weighted by molar-refractivity contribution is -0.154. The molecule has 4 heterocycles. The predicted octanol–water partition coefficient (Wildman–Crippen LogP) is 6.11. The van der Waals surface area contributed by atoms with E-state index >= 15 is 0 Å². The first-order valence-corrected chi connectivity index (χ1v) is 34.1. The van der Waals surface area contributed by atoms with E-state index in [1.54, 1.807) is 14.2 Å². The van der Waals surface area contributed by atoms with E-state index in [4.69, 9.17) is 33.5 Å². The molecule has 29 heteroatoms. The lowest BCUT2D eigenvalue weighted by Crippen LogP contribution is -2.38. The van der Waals surface area contributed by atoms with E-state index < -0.39 is 83.5 Å². The van der Waals surface area contributed by atoms with Gasteiger partial charge in [0.1, 0.15) is 70.6 Å².